The van der Waals surface area contributed by atoms with Crippen molar-refractivity contribution in [1.29, 1.82) is 0 Å². The molecule has 0 aromatic heterocycles. The van der Waals surface area contributed by atoms with Crippen molar-refractivity contribution < 1.29 is 14.3 Å². The van der Waals surface area contributed by atoms with Gasteiger partial charge < -0.3 is 9.47 Å². The number of carbonyl (C=O) groups excluding carboxylic acids is 1. The first-order valence-electron chi connectivity index (χ1n) is 6.33. The van der Waals surface area contributed by atoms with Crippen molar-refractivity contribution in [2.45, 2.75) is 71.8 Å². The molecule has 1 amide bonds. The van der Waals surface area contributed by atoms with Crippen molar-refractivity contribution in [3.05, 3.63) is 0 Å². The number of rotatable bonds is 2. The van der Waals surface area contributed by atoms with Crippen LogP contribution in [-0.4, -0.2) is 35.0 Å². The zero-order valence-electron chi connectivity index (χ0n) is 11.9. The minimum Gasteiger partial charge on any atom is -0.444 e. The van der Waals surface area contributed by atoms with Crippen LogP contribution in [0.4, 0.5) is 4.79 Å². The van der Waals surface area contributed by atoms with E-state index in [0.717, 1.165) is 12.8 Å². The highest BCUT2D eigenvalue weighted by atomic mass is 16.6. The van der Waals surface area contributed by atoms with Gasteiger partial charge in [0.1, 0.15) is 11.3 Å². The molecule has 1 fully saturated rings. The number of hydrogen-bond donors (Lipinski definition) is 0. The second-order valence-corrected chi connectivity index (χ2v) is 6.05. The minimum atomic E-state index is -0.567. The van der Waals surface area contributed by atoms with Crippen LogP contribution < -0.4 is 0 Å². The Morgan fingerprint density at radius 3 is 2.53 bits per heavy atom. The first kappa shape index (κ1) is 14.3. The van der Waals surface area contributed by atoms with Crippen LogP contribution in [-0.2, 0) is 9.47 Å². The second kappa shape index (κ2) is 4.84. The van der Waals surface area contributed by atoms with E-state index in [4.69, 9.17) is 9.47 Å². The Labute approximate surface area is 104 Å². The number of nitrogens with zero attached hydrogens (tertiary/aromatic N) is 1. The monoisotopic (exact) mass is 243 g/mol. The molecular weight excluding hydrogens is 218 g/mol. The molecule has 17 heavy (non-hydrogen) atoms. The average molecular weight is 243 g/mol. The van der Waals surface area contributed by atoms with Crippen molar-refractivity contribution in [2.24, 2.45) is 0 Å². The molecule has 4 nitrogen and oxygen atoms in total. The lowest BCUT2D eigenvalue weighted by atomic mass is 10.1. The lowest BCUT2D eigenvalue weighted by Crippen LogP contribution is -2.49. The predicted molar refractivity (Wildman–Crippen MR) is 66.8 cm³/mol. The van der Waals surface area contributed by atoms with Crippen LogP contribution in [0.1, 0.15) is 54.4 Å². The fraction of sp³-hybridized carbons (Fsp3) is 0.923. The van der Waals surface area contributed by atoms with Crippen LogP contribution in [0.3, 0.4) is 0 Å². The van der Waals surface area contributed by atoms with Crippen LogP contribution in [0.15, 0.2) is 0 Å². The molecule has 1 rings (SSSR count). The van der Waals surface area contributed by atoms with E-state index in [-0.39, 0.29) is 12.1 Å². The van der Waals surface area contributed by atoms with Crippen molar-refractivity contribution in [1.82, 2.24) is 4.90 Å². The molecule has 0 radical (unpaired) electrons. The fourth-order valence-electron chi connectivity index (χ4n) is 2.11. The van der Waals surface area contributed by atoms with Crippen LogP contribution in [0.25, 0.3) is 0 Å². The third-order valence-corrected chi connectivity index (χ3v) is 2.79. The summed E-state index contributed by atoms with van der Waals surface area (Å²) < 4.78 is 11.1. The molecule has 4 heteroatoms. The summed E-state index contributed by atoms with van der Waals surface area (Å²) in [5.41, 5.74) is -1.03. The van der Waals surface area contributed by atoms with Gasteiger partial charge in [-0.1, -0.05) is 13.3 Å². The van der Waals surface area contributed by atoms with Crippen molar-refractivity contribution >= 4 is 6.09 Å². The first-order chi connectivity index (χ1) is 7.67. The third kappa shape index (κ3) is 3.60. The number of amides is 1. The first-order valence-corrected chi connectivity index (χ1v) is 6.33. The summed E-state index contributed by atoms with van der Waals surface area (Å²) in [5, 5.41) is 0. The maximum absolute atomic E-state index is 12.2. The summed E-state index contributed by atoms with van der Waals surface area (Å²) in [6, 6.07) is 0.129. The summed E-state index contributed by atoms with van der Waals surface area (Å²) in [6.07, 6.45) is 1.70. The highest BCUT2D eigenvalue weighted by molar-refractivity contribution is 5.69. The second-order valence-electron chi connectivity index (χ2n) is 6.05. The van der Waals surface area contributed by atoms with Gasteiger partial charge in [-0.05, 0) is 41.0 Å². The van der Waals surface area contributed by atoms with E-state index in [0.29, 0.717) is 6.61 Å². The molecule has 0 N–H and O–H groups in total. The Bertz CT molecular complexity index is 281. The molecule has 0 saturated carbocycles. The van der Waals surface area contributed by atoms with E-state index in [1.807, 2.05) is 34.6 Å². The van der Waals surface area contributed by atoms with Gasteiger partial charge in [0, 0.05) is 0 Å². The van der Waals surface area contributed by atoms with Gasteiger partial charge in [-0.25, -0.2) is 4.79 Å². The molecule has 1 aliphatic heterocycles. The quantitative estimate of drug-likeness (QED) is 0.747. The zero-order chi connectivity index (χ0) is 13.3. The average Bonchev–Trinajstić information content (AvgIpc) is 2.39. The van der Waals surface area contributed by atoms with Gasteiger partial charge in [-0.15, -0.1) is 0 Å². The standard InChI is InChI=1S/C13H25NO3/c1-7-8-10-9-16-13(5,6)14(10)11(15)17-12(2,3)4/h10H,7-9H2,1-6H3. The molecule has 1 unspecified atom stereocenters. The number of carbonyl (C=O) groups is 1. The fourth-order valence-corrected chi connectivity index (χ4v) is 2.11. The molecule has 0 spiro atoms. The number of ether oxygens (including phenoxy) is 2. The van der Waals surface area contributed by atoms with Crippen LogP contribution >= 0.6 is 0 Å². The van der Waals surface area contributed by atoms with E-state index in [1.165, 1.54) is 0 Å². The Morgan fingerprint density at radius 1 is 1.47 bits per heavy atom. The van der Waals surface area contributed by atoms with E-state index in [2.05, 4.69) is 6.92 Å². The highest BCUT2D eigenvalue weighted by Gasteiger charge is 2.45. The molecule has 1 atom stereocenters. The summed E-state index contributed by atoms with van der Waals surface area (Å²) in [6.45, 7) is 12.2. The lowest BCUT2D eigenvalue weighted by Gasteiger charge is -2.35. The smallest absolute Gasteiger partial charge is 0.412 e. The van der Waals surface area contributed by atoms with E-state index in [1.54, 1.807) is 4.90 Å². The predicted octanol–water partition coefficient (Wildman–Crippen LogP) is 3.16. The third-order valence-electron chi connectivity index (χ3n) is 2.79. The van der Waals surface area contributed by atoms with Crippen molar-refractivity contribution in [3.8, 4) is 0 Å². The lowest BCUT2D eigenvalue weighted by molar-refractivity contribution is -0.0626. The summed E-state index contributed by atoms with van der Waals surface area (Å²) >= 11 is 0. The van der Waals surface area contributed by atoms with Gasteiger partial charge >= 0.3 is 6.09 Å². The van der Waals surface area contributed by atoms with Gasteiger partial charge in [0.05, 0.1) is 12.6 Å². The molecule has 0 aliphatic carbocycles. The van der Waals surface area contributed by atoms with Crippen molar-refractivity contribution in [2.75, 3.05) is 6.61 Å². The SMILES string of the molecule is CCCC1COC(C)(C)N1C(=O)OC(C)(C)C. The molecule has 1 heterocycles. The molecule has 100 valence electrons. The van der Waals surface area contributed by atoms with E-state index in [9.17, 15) is 4.79 Å². The van der Waals surface area contributed by atoms with Crippen LogP contribution in [0, 0.1) is 0 Å². The Balaban J connectivity index is 2.79. The van der Waals surface area contributed by atoms with Gasteiger partial charge in [0.2, 0.25) is 0 Å². The van der Waals surface area contributed by atoms with E-state index < -0.39 is 11.3 Å². The topological polar surface area (TPSA) is 38.8 Å². The van der Waals surface area contributed by atoms with Crippen LogP contribution in [0.2, 0.25) is 0 Å². The Hall–Kier alpha value is -0.770. The Kier molecular flexibility index (Phi) is 4.07. The van der Waals surface area contributed by atoms with Gasteiger partial charge in [-0.3, -0.25) is 4.90 Å². The Morgan fingerprint density at radius 2 is 2.06 bits per heavy atom. The number of hydrogen-bond acceptors (Lipinski definition) is 3. The van der Waals surface area contributed by atoms with Gasteiger partial charge in [0.25, 0.3) is 0 Å². The van der Waals surface area contributed by atoms with Crippen LogP contribution in [0.5, 0.6) is 0 Å². The maximum atomic E-state index is 12.2. The highest BCUT2D eigenvalue weighted by Crippen LogP contribution is 2.31. The molecule has 1 aliphatic rings. The molecule has 0 aromatic rings. The van der Waals surface area contributed by atoms with Gasteiger partial charge in [0.15, 0.2) is 0 Å². The van der Waals surface area contributed by atoms with Crippen molar-refractivity contribution in [3.63, 3.8) is 0 Å². The molecule has 0 bridgehead atoms. The van der Waals surface area contributed by atoms with Gasteiger partial charge in [-0.2, -0.15) is 0 Å². The van der Waals surface area contributed by atoms with E-state index >= 15 is 0 Å². The molecular formula is C13H25NO3. The summed E-state index contributed by atoms with van der Waals surface area (Å²) in [7, 11) is 0. The normalized spacial score (nSPS) is 23.9. The summed E-state index contributed by atoms with van der Waals surface area (Å²) in [4.78, 5) is 13.9. The maximum Gasteiger partial charge on any atom is 0.412 e. The largest absolute Gasteiger partial charge is 0.444 e. The minimum absolute atomic E-state index is 0.129. The summed E-state index contributed by atoms with van der Waals surface area (Å²) in [5.74, 6) is 0. The zero-order valence-corrected chi connectivity index (χ0v) is 11.9. The molecule has 1 saturated heterocycles. The molecule has 0 aromatic carbocycles.